The molecule has 9 heteroatoms. The van der Waals surface area contributed by atoms with E-state index < -0.39 is 11.7 Å². The van der Waals surface area contributed by atoms with Gasteiger partial charge in [0, 0.05) is 0 Å². The second-order valence-electron chi connectivity index (χ2n) is 4.13. The van der Waals surface area contributed by atoms with E-state index in [0.717, 1.165) is 12.1 Å². The first-order valence-corrected chi connectivity index (χ1v) is 7.48. The van der Waals surface area contributed by atoms with Gasteiger partial charge in [-0.1, -0.05) is 0 Å². The van der Waals surface area contributed by atoms with Gasteiger partial charge in [-0.15, -0.1) is 21.5 Å². The van der Waals surface area contributed by atoms with E-state index in [-0.39, 0.29) is 5.69 Å². The van der Waals surface area contributed by atoms with E-state index in [9.17, 15) is 13.2 Å². The minimum Gasteiger partial charge on any atom is -0.229 e. The highest BCUT2D eigenvalue weighted by molar-refractivity contribution is 8.01. The fourth-order valence-electron chi connectivity index (χ4n) is 1.65. The number of rotatable bonds is 2. The van der Waals surface area contributed by atoms with Crippen LogP contribution in [0.5, 0.6) is 0 Å². The summed E-state index contributed by atoms with van der Waals surface area (Å²) in [5, 5.41) is 16.7. The van der Waals surface area contributed by atoms with E-state index in [1.54, 1.807) is 6.07 Å². The van der Waals surface area contributed by atoms with Gasteiger partial charge < -0.3 is 0 Å². The maximum absolute atomic E-state index is 12.7. The molecule has 0 aliphatic rings. The van der Waals surface area contributed by atoms with Crippen LogP contribution < -0.4 is 0 Å². The number of alkyl halides is 3. The summed E-state index contributed by atoms with van der Waals surface area (Å²) in [5.41, 5.74) is -0.229. The first kappa shape index (κ1) is 14.7. The van der Waals surface area contributed by atoms with Crippen molar-refractivity contribution in [1.82, 2.24) is 15.2 Å². The monoisotopic (exact) mass is 338 g/mol. The molecular formula is C13H5F3N4S2. The van der Waals surface area contributed by atoms with Crippen molar-refractivity contribution in [2.45, 2.75) is 15.5 Å². The highest BCUT2D eigenvalue weighted by Gasteiger charge is 2.30. The van der Waals surface area contributed by atoms with Crippen LogP contribution in [0.3, 0.4) is 0 Å². The van der Waals surface area contributed by atoms with Crippen LogP contribution in [0.25, 0.3) is 10.2 Å². The molecule has 0 aliphatic heterocycles. The summed E-state index contributed by atoms with van der Waals surface area (Å²) in [6.07, 6.45) is -4.39. The molecule has 0 N–H and O–H groups in total. The molecule has 0 spiro atoms. The SMILES string of the molecule is N#Cc1ccc(Sc2nc3cc(C(F)(F)F)ccc3s2)nn1. The lowest BCUT2D eigenvalue weighted by Crippen LogP contribution is -2.03. The summed E-state index contributed by atoms with van der Waals surface area (Å²) in [6.45, 7) is 0. The Morgan fingerprint density at radius 2 is 1.95 bits per heavy atom. The second-order valence-corrected chi connectivity index (χ2v) is 6.43. The van der Waals surface area contributed by atoms with Crippen LogP contribution in [0.1, 0.15) is 11.3 Å². The number of thiazole rings is 1. The number of nitrogens with zero attached hydrogens (tertiary/aromatic N) is 4. The van der Waals surface area contributed by atoms with E-state index in [2.05, 4.69) is 15.2 Å². The Labute approximate surface area is 130 Å². The largest absolute Gasteiger partial charge is 0.416 e. The molecule has 0 amide bonds. The predicted molar refractivity (Wildman–Crippen MR) is 75.5 cm³/mol. The Morgan fingerprint density at radius 3 is 2.59 bits per heavy atom. The van der Waals surface area contributed by atoms with Crippen LogP contribution >= 0.6 is 23.1 Å². The summed E-state index contributed by atoms with van der Waals surface area (Å²) < 4.78 is 39.2. The van der Waals surface area contributed by atoms with Crippen molar-refractivity contribution < 1.29 is 13.2 Å². The van der Waals surface area contributed by atoms with Crippen LogP contribution in [-0.4, -0.2) is 15.2 Å². The molecule has 0 radical (unpaired) electrons. The van der Waals surface area contributed by atoms with Gasteiger partial charge in [-0.25, -0.2) is 4.98 Å². The zero-order valence-electron chi connectivity index (χ0n) is 10.6. The standard InChI is InChI=1S/C13H5F3N4S2/c14-13(15,16)7-1-3-10-9(5-7)18-12(21-10)22-11-4-2-8(6-17)19-20-11/h1-5H. The third-order valence-electron chi connectivity index (χ3n) is 2.64. The fourth-order valence-corrected chi connectivity index (χ4v) is 3.56. The zero-order chi connectivity index (χ0) is 15.7. The molecule has 22 heavy (non-hydrogen) atoms. The summed E-state index contributed by atoms with van der Waals surface area (Å²) in [5.74, 6) is 0. The number of aromatic nitrogens is 3. The number of nitriles is 1. The van der Waals surface area contributed by atoms with Crippen LogP contribution in [0, 0.1) is 11.3 Å². The summed E-state index contributed by atoms with van der Waals surface area (Å²) in [6, 6.07) is 8.46. The van der Waals surface area contributed by atoms with Gasteiger partial charge >= 0.3 is 6.18 Å². The molecular weight excluding hydrogens is 333 g/mol. The van der Waals surface area contributed by atoms with Crippen molar-refractivity contribution in [3.05, 3.63) is 41.6 Å². The van der Waals surface area contributed by atoms with Gasteiger partial charge in [0.15, 0.2) is 10.0 Å². The molecule has 4 nitrogen and oxygen atoms in total. The van der Waals surface area contributed by atoms with Gasteiger partial charge in [-0.3, -0.25) is 0 Å². The lowest BCUT2D eigenvalue weighted by atomic mass is 10.2. The molecule has 0 unspecified atom stereocenters. The Balaban J connectivity index is 1.90. The van der Waals surface area contributed by atoms with Crippen molar-refractivity contribution in [1.29, 1.82) is 5.26 Å². The van der Waals surface area contributed by atoms with E-state index in [0.29, 0.717) is 19.6 Å². The van der Waals surface area contributed by atoms with Gasteiger partial charge in [0.05, 0.1) is 15.8 Å². The van der Waals surface area contributed by atoms with E-state index in [4.69, 9.17) is 5.26 Å². The van der Waals surface area contributed by atoms with Crippen molar-refractivity contribution in [3.8, 4) is 6.07 Å². The molecule has 2 heterocycles. The van der Waals surface area contributed by atoms with Gasteiger partial charge in [-0.05, 0) is 42.1 Å². The number of halogens is 3. The number of benzene rings is 1. The van der Waals surface area contributed by atoms with Gasteiger partial charge in [0.2, 0.25) is 0 Å². The number of fused-ring (bicyclic) bond motifs is 1. The van der Waals surface area contributed by atoms with Crippen molar-refractivity contribution in [3.63, 3.8) is 0 Å². The van der Waals surface area contributed by atoms with Crippen LogP contribution in [-0.2, 0) is 6.18 Å². The highest BCUT2D eigenvalue weighted by atomic mass is 32.2. The molecule has 3 aromatic rings. The van der Waals surface area contributed by atoms with Crippen molar-refractivity contribution in [2.75, 3.05) is 0 Å². The summed E-state index contributed by atoms with van der Waals surface area (Å²) in [7, 11) is 0. The van der Waals surface area contributed by atoms with Gasteiger partial charge in [0.1, 0.15) is 11.1 Å². The Bertz CT molecular complexity index is 866. The molecule has 2 aromatic heterocycles. The molecule has 0 bridgehead atoms. The maximum Gasteiger partial charge on any atom is 0.416 e. The van der Waals surface area contributed by atoms with Gasteiger partial charge in [-0.2, -0.15) is 18.4 Å². The Kier molecular flexibility index (Phi) is 3.72. The molecule has 0 atom stereocenters. The van der Waals surface area contributed by atoms with E-state index >= 15 is 0 Å². The average Bonchev–Trinajstić information content (AvgIpc) is 2.88. The summed E-state index contributed by atoms with van der Waals surface area (Å²) >= 11 is 2.46. The topological polar surface area (TPSA) is 62.5 Å². The van der Waals surface area contributed by atoms with E-state index in [1.165, 1.54) is 35.2 Å². The van der Waals surface area contributed by atoms with E-state index in [1.807, 2.05) is 6.07 Å². The molecule has 0 fully saturated rings. The van der Waals surface area contributed by atoms with Gasteiger partial charge in [0.25, 0.3) is 0 Å². The molecule has 0 saturated carbocycles. The Hall–Kier alpha value is -2.18. The van der Waals surface area contributed by atoms with Crippen LogP contribution in [0.4, 0.5) is 13.2 Å². The highest BCUT2D eigenvalue weighted by Crippen LogP contribution is 2.36. The number of hydrogen-bond donors (Lipinski definition) is 0. The minimum absolute atomic E-state index is 0.198. The van der Waals surface area contributed by atoms with Crippen LogP contribution in [0.2, 0.25) is 0 Å². The zero-order valence-corrected chi connectivity index (χ0v) is 12.3. The van der Waals surface area contributed by atoms with Crippen molar-refractivity contribution in [2.24, 2.45) is 0 Å². The van der Waals surface area contributed by atoms with Crippen LogP contribution in [0.15, 0.2) is 39.7 Å². The fraction of sp³-hybridized carbons (Fsp3) is 0.0769. The molecule has 1 aromatic carbocycles. The lowest BCUT2D eigenvalue weighted by Gasteiger charge is -2.04. The second kappa shape index (κ2) is 5.55. The first-order chi connectivity index (χ1) is 10.5. The lowest BCUT2D eigenvalue weighted by molar-refractivity contribution is -0.137. The summed E-state index contributed by atoms with van der Waals surface area (Å²) in [4.78, 5) is 4.17. The average molecular weight is 338 g/mol. The molecule has 110 valence electrons. The minimum atomic E-state index is -4.39. The quantitative estimate of drug-likeness (QED) is 0.703. The normalized spacial score (nSPS) is 11.5. The third-order valence-corrected chi connectivity index (χ3v) is 4.67. The molecule has 3 rings (SSSR count). The molecule has 0 saturated heterocycles. The predicted octanol–water partition coefficient (Wildman–Crippen LogP) is 4.13. The number of hydrogen-bond acceptors (Lipinski definition) is 6. The Morgan fingerprint density at radius 1 is 1.14 bits per heavy atom. The smallest absolute Gasteiger partial charge is 0.229 e. The maximum atomic E-state index is 12.7. The third kappa shape index (κ3) is 3.03. The first-order valence-electron chi connectivity index (χ1n) is 5.85. The molecule has 0 aliphatic carbocycles. The van der Waals surface area contributed by atoms with Crippen molar-refractivity contribution >= 4 is 33.3 Å².